The third kappa shape index (κ3) is 7.46. The summed E-state index contributed by atoms with van der Waals surface area (Å²) in [5.74, 6) is 1.52. The molecule has 4 rings (SSSR count). The number of aliphatic hydroxyl groups excluding tert-OH is 1. The average molecular weight is 553 g/mol. The van der Waals surface area contributed by atoms with Crippen LogP contribution in [-0.2, 0) is 0 Å². The van der Waals surface area contributed by atoms with Crippen LogP contribution in [0.25, 0.3) is 0 Å². The molecule has 2 aliphatic rings. The first-order valence-electron chi connectivity index (χ1n) is 14.4. The number of urea groups is 1. The topological polar surface area (TPSA) is 103 Å². The lowest BCUT2D eigenvalue weighted by molar-refractivity contribution is 0.0333. The van der Waals surface area contributed by atoms with E-state index >= 15 is 0 Å². The van der Waals surface area contributed by atoms with E-state index in [-0.39, 0.29) is 30.6 Å². The quantitative estimate of drug-likeness (QED) is 0.401. The van der Waals surface area contributed by atoms with E-state index in [2.05, 4.69) is 29.5 Å². The van der Waals surface area contributed by atoms with Gasteiger partial charge in [0.05, 0.1) is 31.0 Å². The van der Waals surface area contributed by atoms with E-state index in [1.807, 2.05) is 6.92 Å². The third-order valence-corrected chi connectivity index (χ3v) is 8.07. The Labute approximate surface area is 237 Å². The zero-order valence-corrected chi connectivity index (χ0v) is 24.2. The lowest BCUT2D eigenvalue weighted by Crippen LogP contribution is -2.50. The minimum atomic E-state index is -0.448. The minimum absolute atomic E-state index is 0.00101. The number of ether oxygens (including phenoxy) is 2. The molecule has 40 heavy (non-hydrogen) atoms. The molecule has 0 spiro atoms. The number of benzene rings is 2. The Morgan fingerprint density at radius 3 is 2.52 bits per heavy atom. The van der Waals surface area contributed by atoms with Crippen LogP contribution in [-0.4, -0.2) is 79.4 Å². The SMILES string of the molecule is COc1ccc(NC(=O)Nc2cccc3c2O[C@@H](CN(C)CC2CCCCC2)[C@@H](C)CN([C@@H](C)CO)C3=O)cc1. The standard InChI is InChI=1S/C31H44N4O5/c1-21-17-35(22(2)20-36)30(37)26-11-8-12-27(33-31(38)32-24-13-15-25(39-4)16-14-24)29(26)40-28(21)19-34(3)18-23-9-6-5-7-10-23/h8,11-16,21-23,28,36H,5-7,9-10,17-20H2,1-4H3,(H2,32,33,38)/t21-,22-,28-/m0/s1. The zero-order chi connectivity index (χ0) is 28.6. The molecule has 0 bridgehead atoms. The van der Waals surface area contributed by atoms with Gasteiger partial charge in [0, 0.05) is 31.2 Å². The van der Waals surface area contributed by atoms with Crippen LogP contribution in [0, 0.1) is 11.8 Å². The summed E-state index contributed by atoms with van der Waals surface area (Å²) < 4.78 is 11.8. The monoisotopic (exact) mass is 552 g/mol. The maximum atomic E-state index is 13.7. The van der Waals surface area contributed by atoms with Gasteiger partial charge >= 0.3 is 6.03 Å². The molecular formula is C31H44N4O5. The number of nitrogens with one attached hydrogen (secondary N) is 2. The molecule has 1 aliphatic heterocycles. The van der Waals surface area contributed by atoms with Crippen molar-refractivity contribution >= 4 is 23.3 Å². The highest BCUT2D eigenvalue weighted by molar-refractivity contribution is 6.04. The Bertz CT molecular complexity index is 1140. The van der Waals surface area contributed by atoms with E-state index in [0.29, 0.717) is 47.4 Å². The van der Waals surface area contributed by atoms with Crippen molar-refractivity contribution in [2.24, 2.45) is 11.8 Å². The number of carbonyl (C=O) groups excluding carboxylic acids is 2. The number of para-hydroxylation sites is 1. The van der Waals surface area contributed by atoms with Crippen molar-refractivity contribution in [3.63, 3.8) is 0 Å². The smallest absolute Gasteiger partial charge is 0.323 e. The molecule has 1 saturated carbocycles. The largest absolute Gasteiger partial charge is 0.497 e. The lowest BCUT2D eigenvalue weighted by atomic mass is 9.89. The summed E-state index contributed by atoms with van der Waals surface area (Å²) in [6.45, 7) is 5.97. The van der Waals surface area contributed by atoms with Crippen LogP contribution in [0.2, 0.25) is 0 Å². The average Bonchev–Trinajstić information content (AvgIpc) is 2.95. The van der Waals surface area contributed by atoms with Gasteiger partial charge in [0.15, 0.2) is 5.75 Å². The van der Waals surface area contributed by atoms with Crippen molar-refractivity contribution in [2.45, 2.75) is 58.1 Å². The number of rotatable bonds is 9. The number of methoxy groups -OCH3 is 1. The second kappa shape index (κ2) is 13.9. The predicted molar refractivity (Wildman–Crippen MR) is 157 cm³/mol. The maximum Gasteiger partial charge on any atom is 0.323 e. The molecule has 2 aromatic rings. The van der Waals surface area contributed by atoms with E-state index in [4.69, 9.17) is 9.47 Å². The fraction of sp³-hybridized carbons (Fsp3) is 0.548. The highest BCUT2D eigenvalue weighted by Gasteiger charge is 2.35. The van der Waals surface area contributed by atoms with E-state index in [1.54, 1.807) is 54.5 Å². The van der Waals surface area contributed by atoms with Crippen molar-refractivity contribution < 1.29 is 24.2 Å². The molecule has 0 radical (unpaired) electrons. The van der Waals surface area contributed by atoms with Crippen LogP contribution in [0.5, 0.6) is 11.5 Å². The summed E-state index contributed by atoms with van der Waals surface area (Å²) in [4.78, 5) is 30.7. The molecule has 2 aromatic carbocycles. The normalized spacial score (nSPS) is 20.6. The van der Waals surface area contributed by atoms with Gasteiger partial charge in [-0.15, -0.1) is 0 Å². The van der Waals surface area contributed by atoms with Gasteiger partial charge in [0.2, 0.25) is 0 Å². The van der Waals surface area contributed by atoms with Crippen molar-refractivity contribution in [3.8, 4) is 11.5 Å². The van der Waals surface area contributed by atoms with Gasteiger partial charge in [0.25, 0.3) is 5.91 Å². The van der Waals surface area contributed by atoms with Crippen molar-refractivity contribution in [3.05, 3.63) is 48.0 Å². The Balaban J connectivity index is 1.58. The summed E-state index contributed by atoms with van der Waals surface area (Å²) in [5.41, 5.74) is 1.39. The van der Waals surface area contributed by atoms with Crippen molar-refractivity contribution in [2.75, 3.05) is 51.0 Å². The number of hydrogen-bond donors (Lipinski definition) is 3. The number of anilines is 2. The van der Waals surface area contributed by atoms with Crippen LogP contribution in [0.1, 0.15) is 56.3 Å². The second-order valence-corrected chi connectivity index (χ2v) is 11.3. The zero-order valence-electron chi connectivity index (χ0n) is 24.2. The van der Waals surface area contributed by atoms with Crippen LogP contribution in [0.15, 0.2) is 42.5 Å². The molecule has 0 unspecified atom stereocenters. The van der Waals surface area contributed by atoms with Crippen molar-refractivity contribution in [1.29, 1.82) is 0 Å². The molecular weight excluding hydrogens is 508 g/mol. The molecule has 3 atom stereocenters. The van der Waals surface area contributed by atoms with Crippen LogP contribution < -0.4 is 20.1 Å². The number of carbonyl (C=O) groups is 2. The molecule has 1 heterocycles. The molecule has 9 nitrogen and oxygen atoms in total. The predicted octanol–water partition coefficient (Wildman–Crippen LogP) is 5.07. The summed E-state index contributed by atoms with van der Waals surface area (Å²) in [6.07, 6.45) is 6.23. The molecule has 3 amide bonds. The van der Waals surface area contributed by atoms with E-state index in [1.165, 1.54) is 32.1 Å². The first-order chi connectivity index (χ1) is 19.3. The molecule has 1 aliphatic carbocycles. The number of nitrogens with zero attached hydrogens (tertiary/aromatic N) is 2. The second-order valence-electron chi connectivity index (χ2n) is 11.3. The molecule has 218 valence electrons. The van der Waals surface area contributed by atoms with Crippen molar-refractivity contribution in [1.82, 2.24) is 9.80 Å². The summed E-state index contributed by atoms with van der Waals surface area (Å²) in [6, 6.07) is 11.4. The molecule has 0 aromatic heterocycles. The number of aliphatic hydroxyl groups is 1. The van der Waals surface area contributed by atoms with E-state index in [9.17, 15) is 14.7 Å². The fourth-order valence-corrected chi connectivity index (χ4v) is 5.71. The first-order valence-corrected chi connectivity index (χ1v) is 14.4. The molecule has 9 heteroatoms. The molecule has 0 saturated heterocycles. The van der Waals surface area contributed by atoms with Gasteiger partial charge in [-0.2, -0.15) is 0 Å². The highest BCUT2D eigenvalue weighted by atomic mass is 16.5. The Hall–Kier alpha value is -3.30. The number of amides is 3. The molecule has 1 fully saturated rings. The van der Waals surface area contributed by atoms with Gasteiger partial charge in [-0.3, -0.25) is 4.79 Å². The molecule has 3 N–H and O–H groups in total. The third-order valence-electron chi connectivity index (χ3n) is 8.07. The summed E-state index contributed by atoms with van der Waals surface area (Å²) >= 11 is 0. The summed E-state index contributed by atoms with van der Waals surface area (Å²) in [5, 5.41) is 15.6. The first kappa shape index (κ1) is 29.7. The van der Waals surface area contributed by atoms with Crippen LogP contribution >= 0.6 is 0 Å². The maximum absolute atomic E-state index is 13.7. The van der Waals surface area contributed by atoms with Gasteiger partial charge in [0.1, 0.15) is 11.9 Å². The van der Waals surface area contributed by atoms with Crippen LogP contribution in [0.3, 0.4) is 0 Å². The van der Waals surface area contributed by atoms with Gasteiger partial charge in [-0.05, 0) is 69.1 Å². The van der Waals surface area contributed by atoms with Gasteiger partial charge < -0.3 is 35.0 Å². The van der Waals surface area contributed by atoms with Crippen LogP contribution in [0.4, 0.5) is 16.2 Å². The number of hydrogen-bond acceptors (Lipinski definition) is 6. The Morgan fingerprint density at radius 1 is 1.12 bits per heavy atom. The number of likely N-dealkylation sites (N-methyl/N-ethyl adjacent to an activating group) is 1. The van der Waals surface area contributed by atoms with Gasteiger partial charge in [-0.25, -0.2) is 4.79 Å². The summed E-state index contributed by atoms with van der Waals surface area (Å²) in [7, 11) is 3.72. The Kier molecular flexibility index (Phi) is 10.3. The fourth-order valence-electron chi connectivity index (χ4n) is 5.71. The highest BCUT2D eigenvalue weighted by Crippen LogP contribution is 2.35. The van der Waals surface area contributed by atoms with E-state index < -0.39 is 6.03 Å². The Morgan fingerprint density at radius 2 is 1.85 bits per heavy atom. The van der Waals surface area contributed by atoms with E-state index in [0.717, 1.165) is 6.54 Å². The van der Waals surface area contributed by atoms with Gasteiger partial charge in [-0.1, -0.05) is 32.3 Å². The minimum Gasteiger partial charge on any atom is -0.497 e. The number of fused-ring (bicyclic) bond motifs is 1. The lowest BCUT2D eigenvalue weighted by Gasteiger charge is -2.39.